The minimum atomic E-state index is -2.97. The Labute approximate surface area is 390 Å². The topological polar surface area (TPSA) is 545 Å². The van der Waals surface area contributed by atoms with Crippen molar-refractivity contribution in [3.05, 3.63) is 0 Å². The van der Waals surface area contributed by atoms with Gasteiger partial charge in [-0.25, -0.2) is 4.79 Å². The van der Waals surface area contributed by atoms with Gasteiger partial charge in [0.05, 0.1) is 45.2 Å². The number of carboxylic acids is 1. The van der Waals surface area contributed by atoms with Crippen molar-refractivity contribution in [2.45, 2.75) is 173 Å². The molecule has 4 aliphatic rings. The number of hydrogen-bond donors (Lipinski definition) is 20. The van der Waals surface area contributed by atoms with E-state index in [9.17, 15) is 106 Å². The minimum absolute atomic E-state index is 0. The van der Waals surface area contributed by atoms with Crippen LogP contribution in [0.3, 0.4) is 0 Å². The normalized spacial score (nSPS) is 41.0. The van der Waals surface area contributed by atoms with Crippen LogP contribution in [0.1, 0.15) is 20.3 Å². The average Bonchev–Trinajstić information content (AvgIpc) is 3.30. The Bertz CT molecular complexity index is 1640. The molecule has 0 unspecified atom stereocenters. The van der Waals surface area contributed by atoms with Gasteiger partial charge in [0, 0.05) is 20.3 Å². The van der Waals surface area contributed by atoms with E-state index in [-0.39, 0.29) is 12.4 Å². The summed E-state index contributed by atoms with van der Waals surface area (Å²) in [6.07, 6.45) is -46.3. The fourth-order valence-electron chi connectivity index (χ4n) is 7.97. The molecule has 4 heterocycles. The molecule has 4 saturated heterocycles. The van der Waals surface area contributed by atoms with E-state index in [4.69, 9.17) is 37.9 Å². The van der Waals surface area contributed by atoms with Gasteiger partial charge < -0.3 is 146 Å². The first kappa shape index (κ1) is 60.4. The van der Waals surface area contributed by atoms with E-state index >= 15 is 0 Å². The number of amides is 2. The second-order valence-corrected chi connectivity index (χ2v) is 16.5. The Balaban J connectivity index is 0.0000126. The summed E-state index contributed by atoms with van der Waals surface area (Å²) in [7, 11) is 0. The van der Waals surface area contributed by atoms with Crippen molar-refractivity contribution in [3.8, 4) is 0 Å². The standard InChI is InChI=1S/C37H62N2O29.H3N/c1-10(45)38-19-12(47)3-37(36(59)60,68-31(19)22(52)14(49)5-41)61-9-18-23(53)26(56)27(57)34(64-18)66-30-17(8-44)63-33(20(25(30)55)39-11(2)46)67-32-24(54)16(7-43)62-35(28(32)58)65-29(15(50)6-42)21(51)13(48)4-40;/h4,12-35,41-44,47-58H,3,5-9H2,1-2H3,(H,38,45)(H,39,46)(H,59,60);1H3/t12-,13-,14+,15+,16+,17+,18+,19+,20+,21+,22+,23-,24-,25+,26-,27+,28+,29+,30+,31+,32-,33-,34-,35-,37+;/m0./s1. The van der Waals surface area contributed by atoms with E-state index in [1.807, 2.05) is 0 Å². The number of hydrogen-bond acceptors (Lipinski definition) is 29. The monoisotopic (exact) mass is 1020 g/mol. The highest BCUT2D eigenvalue weighted by Gasteiger charge is 2.58. The molecule has 4 fully saturated rings. The lowest BCUT2D eigenvalue weighted by atomic mass is 9.88. The maximum Gasteiger partial charge on any atom is 0.364 e. The quantitative estimate of drug-likeness (QED) is 0.0448. The molecular weight excluding hydrogens is 950 g/mol. The largest absolute Gasteiger partial charge is 0.477 e. The number of ether oxygens (including phenoxy) is 8. The molecule has 0 bridgehead atoms. The van der Waals surface area contributed by atoms with Gasteiger partial charge in [-0.3, -0.25) is 9.59 Å². The number of carbonyl (C=O) groups excluding carboxylic acids is 3. The molecule has 0 aliphatic carbocycles. The number of carboxylic acid groups (broad SMARTS) is 1. The summed E-state index contributed by atoms with van der Waals surface area (Å²) >= 11 is 0. The van der Waals surface area contributed by atoms with E-state index in [0.717, 1.165) is 13.8 Å². The van der Waals surface area contributed by atoms with E-state index in [0.29, 0.717) is 0 Å². The number of aliphatic carboxylic acids is 1. The molecule has 0 aromatic rings. The Morgan fingerprint density at radius 3 is 1.77 bits per heavy atom. The predicted molar refractivity (Wildman–Crippen MR) is 213 cm³/mol. The molecule has 69 heavy (non-hydrogen) atoms. The van der Waals surface area contributed by atoms with Crippen molar-refractivity contribution < 1.29 is 144 Å². The van der Waals surface area contributed by atoms with Gasteiger partial charge in [0.15, 0.2) is 25.2 Å². The zero-order valence-electron chi connectivity index (χ0n) is 36.9. The van der Waals surface area contributed by atoms with Crippen molar-refractivity contribution in [3.63, 3.8) is 0 Å². The van der Waals surface area contributed by atoms with Crippen LogP contribution in [-0.4, -0.2) is 297 Å². The third kappa shape index (κ3) is 13.8. The molecule has 0 aromatic carbocycles. The Kier molecular flexibility index (Phi) is 22.9. The average molecular weight is 1020 g/mol. The highest BCUT2D eigenvalue weighted by atomic mass is 16.8. The Hall–Kier alpha value is -2.92. The number of nitrogens with one attached hydrogen (secondary N) is 2. The van der Waals surface area contributed by atoms with Gasteiger partial charge in [-0.05, 0) is 0 Å². The minimum Gasteiger partial charge on any atom is -0.477 e. The molecule has 0 saturated carbocycles. The van der Waals surface area contributed by atoms with E-state index in [2.05, 4.69) is 10.6 Å². The molecule has 402 valence electrons. The third-order valence-electron chi connectivity index (χ3n) is 11.6. The van der Waals surface area contributed by atoms with Crippen LogP contribution in [0, 0.1) is 0 Å². The second-order valence-electron chi connectivity index (χ2n) is 16.5. The van der Waals surface area contributed by atoms with E-state index in [1.165, 1.54) is 0 Å². The lowest BCUT2D eigenvalue weighted by Crippen LogP contribution is -2.70. The Morgan fingerprint density at radius 2 is 1.23 bits per heavy atom. The van der Waals surface area contributed by atoms with Crippen LogP contribution < -0.4 is 16.8 Å². The van der Waals surface area contributed by atoms with Crippen molar-refractivity contribution in [1.82, 2.24) is 16.8 Å². The zero-order valence-corrected chi connectivity index (χ0v) is 36.9. The molecule has 32 heteroatoms. The SMILES string of the molecule is CC(=O)N[C@H]1[C@H](O[C@H]2[C@@H](O)[C@@H](CO)O[C@@H](O[C@@H]([C@H](O)[C@@H](O)C=O)[C@H](O)CO)[C@@H]2O)O[C@H](CO)[C@@H](O[C@@H]2O[C@H](CO[C@]3(C(=O)O)C[C@H](O)[C@@H](NC(C)=O)[C@H]([C@H](O)[C@H](O)CO)O3)[C@H](O)[C@H](O)[C@H]2O)[C@@H]1O.N. The number of aliphatic hydroxyl groups excluding tert-OH is 16. The second kappa shape index (κ2) is 26.2. The van der Waals surface area contributed by atoms with Crippen LogP contribution in [0.25, 0.3) is 0 Å². The zero-order chi connectivity index (χ0) is 51.1. The number of rotatable bonds is 22. The lowest BCUT2D eigenvalue weighted by molar-refractivity contribution is -0.375. The van der Waals surface area contributed by atoms with Gasteiger partial charge in [-0.1, -0.05) is 0 Å². The van der Waals surface area contributed by atoms with Crippen LogP contribution in [0.5, 0.6) is 0 Å². The fraction of sp³-hybridized carbons (Fsp3) is 0.892. The van der Waals surface area contributed by atoms with E-state index < -0.39 is 210 Å². The Morgan fingerprint density at radius 1 is 0.681 bits per heavy atom. The van der Waals surface area contributed by atoms with Gasteiger partial charge in [0.2, 0.25) is 11.8 Å². The smallest absolute Gasteiger partial charge is 0.364 e. The molecular formula is C37H65N3O29. The van der Waals surface area contributed by atoms with Crippen LogP contribution in [-0.2, 0) is 57.1 Å². The van der Waals surface area contributed by atoms with Gasteiger partial charge in [-0.15, -0.1) is 0 Å². The number of carbonyl (C=O) groups is 4. The summed E-state index contributed by atoms with van der Waals surface area (Å²) in [5.74, 6) is -6.61. The van der Waals surface area contributed by atoms with Crippen molar-refractivity contribution in [2.24, 2.45) is 0 Å². The highest BCUT2D eigenvalue weighted by molar-refractivity contribution is 5.76. The van der Waals surface area contributed by atoms with Crippen molar-refractivity contribution in [1.29, 1.82) is 0 Å². The summed E-state index contributed by atoms with van der Waals surface area (Å²) in [5.41, 5.74) is 0. The summed E-state index contributed by atoms with van der Waals surface area (Å²) < 4.78 is 44.8. The van der Waals surface area contributed by atoms with Crippen LogP contribution in [0.4, 0.5) is 0 Å². The van der Waals surface area contributed by atoms with Gasteiger partial charge in [-0.2, -0.15) is 0 Å². The summed E-state index contributed by atoms with van der Waals surface area (Å²) in [6.45, 7) is -3.48. The van der Waals surface area contributed by atoms with Crippen molar-refractivity contribution in [2.75, 3.05) is 33.0 Å². The first-order valence-electron chi connectivity index (χ1n) is 21.0. The third-order valence-corrected chi connectivity index (χ3v) is 11.6. The first-order chi connectivity index (χ1) is 31.9. The van der Waals surface area contributed by atoms with E-state index in [1.54, 1.807) is 0 Å². The maximum atomic E-state index is 12.7. The highest BCUT2D eigenvalue weighted by Crippen LogP contribution is 2.37. The molecule has 4 rings (SSSR count). The molecule has 2 amide bonds. The number of aliphatic hydroxyl groups is 16. The van der Waals surface area contributed by atoms with Crippen LogP contribution in [0.15, 0.2) is 0 Å². The fourth-order valence-corrected chi connectivity index (χ4v) is 7.97. The number of aldehydes is 1. The van der Waals surface area contributed by atoms with Crippen LogP contribution >= 0.6 is 0 Å². The predicted octanol–water partition coefficient (Wildman–Crippen LogP) is -12.4. The molecule has 0 radical (unpaired) electrons. The summed E-state index contributed by atoms with van der Waals surface area (Å²) in [4.78, 5) is 48.2. The molecule has 22 N–H and O–H groups in total. The molecule has 0 aromatic heterocycles. The molecule has 32 nitrogen and oxygen atoms in total. The van der Waals surface area contributed by atoms with Crippen molar-refractivity contribution >= 4 is 24.1 Å². The first-order valence-corrected chi connectivity index (χ1v) is 21.0. The maximum absolute atomic E-state index is 12.7. The van der Waals surface area contributed by atoms with Gasteiger partial charge in [0.25, 0.3) is 5.79 Å². The summed E-state index contributed by atoms with van der Waals surface area (Å²) in [5, 5.41) is 183. The van der Waals surface area contributed by atoms with Gasteiger partial charge >= 0.3 is 5.97 Å². The molecule has 25 atom stereocenters. The molecule has 4 aliphatic heterocycles. The molecule has 0 spiro atoms. The summed E-state index contributed by atoms with van der Waals surface area (Å²) in [6, 6.07) is -3.41. The van der Waals surface area contributed by atoms with Gasteiger partial charge in [0.1, 0.15) is 116 Å². The lowest BCUT2D eigenvalue weighted by Gasteiger charge is -2.49. The van der Waals surface area contributed by atoms with Crippen LogP contribution in [0.2, 0.25) is 0 Å².